The molecule has 22 heavy (non-hydrogen) atoms. The van der Waals surface area contributed by atoms with Crippen LogP contribution in [0.4, 0.5) is 0 Å². The molecular weight excluding hydrogens is 272 g/mol. The summed E-state index contributed by atoms with van der Waals surface area (Å²) in [7, 11) is 0. The van der Waals surface area contributed by atoms with Crippen LogP contribution in [0.15, 0.2) is 30.3 Å². The van der Waals surface area contributed by atoms with Gasteiger partial charge < -0.3 is 10.6 Å². The van der Waals surface area contributed by atoms with Crippen molar-refractivity contribution < 1.29 is 4.79 Å². The molecule has 120 valence electrons. The monoisotopic (exact) mass is 300 g/mol. The maximum atomic E-state index is 12.6. The van der Waals surface area contributed by atoms with Crippen molar-refractivity contribution in [3.05, 3.63) is 35.9 Å². The van der Waals surface area contributed by atoms with Gasteiger partial charge in [-0.1, -0.05) is 49.6 Å². The molecule has 3 rings (SSSR count). The molecule has 2 aliphatic rings. The molecule has 1 aromatic rings. The zero-order valence-electron chi connectivity index (χ0n) is 13.5. The smallest absolute Gasteiger partial charge is 0.239 e. The van der Waals surface area contributed by atoms with Gasteiger partial charge in [0.2, 0.25) is 5.91 Å². The van der Waals surface area contributed by atoms with Crippen LogP contribution in [-0.2, 0) is 11.2 Å². The third kappa shape index (κ3) is 3.52. The fourth-order valence-corrected chi connectivity index (χ4v) is 4.19. The van der Waals surface area contributed by atoms with Crippen molar-refractivity contribution in [2.75, 3.05) is 13.1 Å². The average molecular weight is 300 g/mol. The SMILES string of the molecule is N[C@@H](Cc1ccccc1)C(=O)N1CCC2(CCCCC2)CC1. The minimum Gasteiger partial charge on any atom is -0.341 e. The summed E-state index contributed by atoms with van der Waals surface area (Å²) in [5.74, 6) is 0.134. The molecule has 1 atom stereocenters. The first-order valence-electron chi connectivity index (χ1n) is 8.77. The number of hydrogen-bond acceptors (Lipinski definition) is 2. The second-order valence-electron chi connectivity index (χ2n) is 7.18. The van der Waals surface area contributed by atoms with Crippen molar-refractivity contribution >= 4 is 5.91 Å². The fraction of sp³-hybridized carbons (Fsp3) is 0.632. The zero-order valence-corrected chi connectivity index (χ0v) is 13.5. The van der Waals surface area contributed by atoms with Gasteiger partial charge in [-0.3, -0.25) is 4.79 Å². The van der Waals surface area contributed by atoms with Crippen molar-refractivity contribution in [2.24, 2.45) is 11.1 Å². The fourth-order valence-electron chi connectivity index (χ4n) is 4.19. The van der Waals surface area contributed by atoms with Gasteiger partial charge in [-0.05, 0) is 43.1 Å². The number of carbonyl (C=O) groups excluding carboxylic acids is 1. The molecule has 1 saturated heterocycles. The number of amides is 1. The molecule has 1 heterocycles. The van der Waals surface area contributed by atoms with E-state index in [1.807, 2.05) is 35.2 Å². The molecule has 1 saturated carbocycles. The van der Waals surface area contributed by atoms with Gasteiger partial charge in [-0.2, -0.15) is 0 Å². The van der Waals surface area contributed by atoms with Crippen molar-refractivity contribution in [3.63, 3.8) is 0 Å². The topological polar surface area (TPSA) is 46.3 Å². The zero-order chi connectivity index (χ0) is 15.4. The van der Waals surface area contributed by atoms with Crippen LogP contribution < -0.4 is 5.73 Å². The van der Waals surface area contributed by atoms with E-state index in [9.17, 15) is 4.79 Å². The summed E-state index contributed by atoms with van der Waals surface area (Å²) in [6, 6.07) is 9.68. The van der Waals surface area contributed by atoms with Gasteiger partial charge in [0.25, 0.3) is 0 Å². The van der Waals surface area contributed by atoms with Gasteiger partial charge in [0.05, 0.1) is 6.04 Å². The summed E-state index contributed by atoms with van der Waals surface area (Å²) in [6.45, 7) is 1.81. The Hall–Kier alpha value is -1.35. The Labute approximate surface area is 133 Å². The van der Waals surface area contributed by atoms with Crippen molar-refractivity contribution in [1.29, 1.82) is 0 Å². The van der Waals surface area contributed by atoms with E-state index >= 15 is 0 Å². The number of benzene rings is 1. The summed E-state index contributed by atoms with van der Waals surface area (Å²) in [5.41, 5.74) is 7.84. The Bertz CT molecular complexity index is 483. The lowest BCUT2D eigenvalue weighted by atomic mass is 9.68. The van der Waals surface area contributed by atoms with Crippen LogP contribution in [0.5, 0.6) is 0 Å². The standard InChI is InChI=1S/C19H28N2O/c20-17(15-16-7-3-1-4-8-16)18(22)21-13-11-19(12-14-21)9-5-2-6-10-19/h1,3-4,7-8,17H,2,5-6,9-15,20H2/t17-/m0/s1. The molecule has 1 aliphatic carbocycles. The van der Waals surface area contributed by atoms with Crippen LogP contribution in [0.25, 0.3) is 0 Å². The van der Waals surface area contributed by atoms with Crippen molar-refractivity contribution in [1.82, 2.24) is 4.90 Å². The van der Waals surface area contributed by atoms with Gasteiger partial charge in [0.15, 0.2) is 0 Å². The molecule has 2 N–H and O–H groups in total. The van der Waals surface area contributed by atoms with Gasteiger partial charge in [0.1, 0.15) is 0 Å². The van der Waals surface area contributed by atoms with Crippen LogP contribution in [0.2, 0.25) is 0 Å². The highest BCUT2D eigenvalue weighted by atomic mass is 16.2. The van der Waals surface area contributed by atoms with Crippen molar-refractivity contribution in [3.8, 4) is 0 Å². The van der Waals surface area contributed by atoms with E-state index in [0.717, 1.165) is 18.7 Å². The number of nitrogens with zero attached hydrogens (tertiary/aromatic N) is 1. The van der Waals surface area contributed by atoms with E-state index in [0.29, 0.717) is 11.8 Å². The van der Waals surface area contributed by atoms with Gasteiger partial charge in [-0.15, -0.1) is 0 Å². The van der Waals surface area contributed by atoms with Gasteiger partial charge in [0, 0.05) is 13.1 Å². The van der Waals surface area contributed by atoms with E-state index in [4.69, 9.17) is 5.73 Å². The van der Waals surface area contributed by atoms with Gasteiger partial charge >= 0.3 is 0 Å². The molecule has 0 unspecified atom stereocenters. The first-order valence-corrected chi connectivity index (χ1v) is 8.77. The Balaban J connectivity index is 1.53. The summed E-state index contributed by atoms with van der Waals surface area (Å²) in [5, 5.41) is 0. The minimum atomic E-state index is -0.400. The lowest BCUT2D eigenvalue weighted by Crippen LogP contribution is -2.50. The largest absolute Gasteiger partial charge is 0.341 e. The number of nitrogens with two attached hydrogens (primary N) is 1. The predicted molar refractivity (Wildman–Crippen MR) is 89.5 cm³/mol. The number of rotatable bonds is 3. The third-order valence-electron chi connectivity index (χ3n) is 5.67. The van der Waals surface area contributed by atoms with E-state index in [1.165, 1.54) is 44.9 Å². The first kappa shape index (κ1) is 15.5. The molecule has 1 aromatic carbocycles. The maximum Gasteiger partial charge on any atom is 0.239 e. The lowest BCUT2D eigenvalue weighted by Gasteiger charge is -2.44. The van der Waals surface area contributed by atoms with Crippen LogP contribution in [-0.4, -0.2) is 29.9 Å². The van der Waals surface area contributed by atoms with Crippen LogP contribution in [0.1, 0.15) is 50.5 Å². The maximum absolute atomic E-state index is 12.6. The Morgan fingerprint density at radius 2 is 1.68 bits per heavy atom. The van der Waals surface area contributed by atoms with E-state index in [-0.39, 0.29) is 5.91 Å². The Morgan fingerprint density at radius 1 is 1.05 bits per heavy atom. The summed E-state index contributed by atoms with van der Waals surface area (Å²) >= 11 is 0. The number of piperidine rings is 1. The highest BCUT2D eigenvalue weighted by Gasteiger charge is 2.37. The molecule has 3 heteroatoms. The lowest BCUT2D eigenvalue weighted by molar-refractivity contribution is -0.135. The first-order chi connectivity index (χ1) is 10.7. The highest BCUT2D eigenvalue weighted by molar-refractivity contribution is 5.82. The highest BCUT2D eigenvalue weighted by Crippen LogP contribution is 2.44. The summed E-state index contributed by atoms with van der Waals surface area (Å²) in [4.78, 5) is 14.6. The number of likely N-dealkylation sites (tertiary alicyclic amines) is 1. The van der Waals surface area contributed by atoms with Gasteiger partial charge in [-0.25, -0.2) is 0 Å². The molecule has 0 radical (unpaired) electrons. The number of carbonyl (C=O) groups is 1. The van der Waals surface area contributed by atoms with E-state index in [1.54, 1.807) is 0 Å². The van der Waals surface area contributed by atoms with E-state index in [2.05, 4.69) is 0 Å². The summed E-state index contributed by atoms with van der Waals surface area (Å²) < 4.78 is 0. The van der Waals surface area contributed by atoms with Crippen LogP contribution in [0.3, 0.4) is 0 Å². The second kappa shape index (κ2) is 6.82. The van der Waals surface area contributed by atoms with Crippen LogP contribution in [0, 0.1) is 5.41 Å². The molecule has 1 spiro atoms. The van der Waals surface area contributed by atoms with Crippen LogP contribution >= 0.6 is 0 Å². The molecule has 2 fully saturated rings. The quantitative estimate of drug-likeness (QED) is 0.932. The molecule has 3 nitrogen and oxygen atoms in total. The number of hydrogen-bond donors (Lipinski definition) is 1. The molecule has 0 bridgehead atoms. The third-order valence-corrected chi connectivity index (χ3v) is 5.67. The van der Waals surface area contributed by atoms with E-state index < -0.39 is 6.04 Å². The predicted octanol–water partition coefficient (Wildman–Crippen LogP) is 3.13. The molecule has 1 aliphatic heterocycles. The van der Waals surface area contributed by atoms with Crippen molar-refractivity contribution in [2.45, 2.75) is 57.4 Å². The summed E-state index contributed by atoms with van der Waals surface area (Å²) in [6.07, 6.45) is 9.88. The Morgan fingerprint density at radius 3 is 2.32 bits per heavy atom. The molecule has 0 aromatic heterocycles. The molecule has 1 amide bonds. The second-order valence-corrected chi connectivity index (χ2v) is 7.18. The average Bonchev–Trinajstić information content (AvgIpc) is 2.56. The normalized spacial score (nSPS) is 22.5. The Kier molecular flexibility index (Phi) is 4.82. The minimum absolute atomic E-state index is 0.134. The molecular formula is C19H28N2O.